The van der Waals surface area contributed by atoms with Gasteiger partial charge in [0.1, 0.15) is 11.6 Å². The maximum absolute atomic E-state index is 12.5. The van der Waals surface area contributed by atoms with Crippen LogP contribution in [0.1, 0.15) is 23.6 Å². The quantitative estimate of drug-likeness (QED) is 0.397. The maximum Gasteiger partial charge on any atom is 0.261 e. The molecule has 3 heterocycles. The molecule has 2 N–H and O–H groups in total. The topological polar surface area (TPSA) is 120 Å². The van der Waals surface area contributed by atoms with E-state index in [1.807, 2.05) is 39.0 Å². The molecule has 1 amide bonds. The van der Waals surface area contributed by atoms with Crippen molar-refractivity contribution in [2.24, 2.45) is 0 Å². The molecule has 0 unspecified atom stereocenters. The van der Waals surface area contributed by atoms with E-state index >= 15 is 0 Å². The Kier molecular flexibility index (Phi) is 6.43. The third-order valence-corrected chi connectivity index (χ3v) is 5.12. The lowest BCUT2D eigenvalue weighted by molar-refractivity contribution is -0.121. The number of nitrogens with zero attached hydrogens (tertiary/aromatic N) is 6. The van der Waals surface area contributed by atoms with Crippen LogP contribution in [0.4, 0.5) is 5.82 Å². The fraction of sp³-hybridized carbons (Fsp3) is 0.304. The molecular weight excluding hydrogens is 420 g/mol. The van der Waals surface area contributed by atoms with Crippen LogP contribution >= 0.6 is 0 Å². The average molecular weight is 447 g/mol. The van der Waals surface area contributed by atoms with Gasteiger partial charge in [-0.15, -0.1) is 0 Å². The summed E-state index contributed by atoms with van der Waals surface area (Å²) in [6.45, 7) is 6.92. The van der Waals surface area contributed by atoms with E-state index in [1.165, 1.54) is 10.9 Å². The minimum absolute atomic E-state index is 0.140. The van der Waals surface area contributed by atoms with Crippen LogP contribution in [0.3, 0.4) is 0 Å². The van der Waals surface area contributed by atoms with Crippen LogP contribution < -0.4 is 16.2 Å². The lowest BCUT2D eigenvalue weighted by Gasteiger charge is -2.11. The molecule has 0 spiro atoms. The lowest BCUT2D eigenvalue weighted by Crippen LogP contribution is -2.31. The van der Waals surface area contributed by atoms with Crippen molar-refractivity contribution in [2.45, 2.75) is 33.7 Å². The summed E-state index contributed by atoms with van der Waals surface area (Å²) >= 11 is 0. The fourth-order valence-electron chi connectivity index (χ4n) is 3.58. The van der Waals surface area contributed by atoms with Crippen molar-refractivity contribution in [3.8, 4) is 5.82 Å². The van der Waals surface area contributed by atoms with Crippen molar-refractivity contribution >= 4 is 22.6 Å². The molecule has 170 valence electrons. The first kappa shape index (κ1) is 22.1. The van der Waals surface area contributed by atoms with Crippen LogP contribution in [0, 0.1) is 20.8 Å². The zero-order valence-corrected chi connectivity index (χ0v) is 18.9. The summed E-state index contributed by atoms with van der Waals surface area (Å²) < 4.78 is 3.24. The highest BCUT2D eigenvalue weighted by Gasteiger charge is 2.09. The number of aromatic nitrogens is 6. The molecule has 4 aromatic rings. The minimum Gasteiger partial charge on any atom is -0.368 e. The third-order valence-electron chi connectivity index (χ3n) is 5.12. The molecule has 0 aliphatic carbocycles. The summed E-state index contributed by atoms with van der Waals surface area (Å²) in [7, 11) is 0. The number of carbonyl (C=O) groups is 1. The number of amides is 1. The molecule has 0 radical (unpaired) electrons. The number of carbonyl (C=O) groups excluding carboxylic acids is 1. The number of fused-ring (bicyclic) bond motifs is 1. The summed E-state index contributed by atoms with van der Waals surface area (Å²) in [5.74, 6) is 1.84. The molecule has 33 heavy (non-hydrogen) atoms. The van der Waals surface area contributed by atoms with E-state index in [-0.39, 0.29) is 24.4 Å². The summed E-state index contributed by atoms with van der Waals surface area (Å²) in [6, 6.07) is 11.0. The van der Waals surface area contributed by atoms with Crippen LogP contribution in [0.25, 0.3) is 16.7 Å². The highest BCUT2D eigenvalue weighted by molar-refractivity contribution is 5.77. The van der Waals surface area contributed by atoms with Gasteiger partial charge in [0.2, 0.25) is 5.91 Å². The molecule has 1 aromatic carbocycles. The number of hydrogen-bond donors (Lipinski definition) is 2. The molecule has 0 aliphatic heterocycles. The van der Waals surface area contributed by atoms with Crippen LogP contribution in [0.15, 0.2) is 47.5 Å². The molecule has 10 nitrogen and oxygen atoms in total. The molecule has 10 heteroatoms. The van der Waals surface area contributed by atoms with Crippen molar-refractivity contribution in [3.63, 3.8) is 0 Å². The van der Waals surface area contributed by atoms with E-state index in [1.54, 1.807) is 22.9 Å². The van der Waals surface area contributed by atoms with Gasteiger partial charge in [0.25, 0.3) is 5.56 Å². The molecule has 4 rings (SSSR count). The number of nitrogens with one attached hydrogen (secondary N) is 2. The molecular formula is C23H26N8O2. The first-order valence-corrected chi connectivity index (χ1v) is 10.7. The normalized spacial score (nSPS) is 11.0. The highest BCUT2D eigenvalue weighted by Crippen LogP contribution is 2.13. The predicted octanol–water partition coefficient (Wildman–Crippen LogP) is 1.92. The SMILES string of the molecule is Cc1cc(C)n(-c2cc(NCCNC(=O)CCn3cnc4ccccc4c3=O)nc(C)n2)n1. The van der Waals surface area contributed by atoms with Crippen molar-refractivity contribution < 1.29 is 4.79 Å². The summed E-state index contributed by atoms with van der Waals surface area (Å²) in [5, 5.41) is 11.1. The van der Waals surface area contributed by atoms with E-state index in [4.69, 9.17) is 0 Å². The van der Waals surface area contributed by atoms with E-state index in [2.05, 4.69) is 30.7 Å². The smallest absolute Gasteiger partial charge is 0.261 e. The monoisotopic (exact) mass is 446 g/mol. The molecule has 0 bridgehead atoms. The van der Waals surface area contributed by atoms with Gasteiger partial charge in [0.15, 0.2) is 5.82 Å². The molecule has 0 aliphatic rings. The standard InChI is InChI=1S/C23H26N8O2/c1-15-12-16(2)31(29-15)21-13-20(27-17(3)28-21)24-9-10-25-22(32)8-11-30-14-26-19-7-5-4-6-18(19)23(30)33/h4-7,12-14H,8-11H2,1-3H3,(H,25,32)(H,24,27,28). The Morgan fingerprint density at radius 3 is 2.67 bits per heavy atom. The maximum atomic E-state index is 12.5. The third kappa shape index (κ3) is 5.22. The lowest BCUT2D eigenvalue weighted by atomic mass is 10.2. The number of benzene rings is 1. The van der Waals surface area contributed by atoms with Crippen molar-refractivity contribution in [3.05, 3.63) is 70.3 Å². The number of hydrogen-bond acceptors (Lipinski definition) is 7. The van der Waals surface area contributed by atoms with Gasteiger partial charge in [0, 0.05) is 37.8 Å². The largest absolute Gasteiger partial charge is 0.368 e. The number of aryl methyl sites for hydroxylation is 4. The second-order valence-electron chi connectivity index (χ2n) is 7.78. The Hall–Kier alpha value is -4.08. The molecule has 0 saturated carbocycles. The van der Waals surface area contributed by atoms with Crippen LogP contribution in [-0.2, 0) is 11.3 Å². The Bertz CT molecular complexity index is 1360. The van der Waals surface area contributed by atoms with Crippen molar-refractivity contribution in [1.29, 1.82) is 0 Å². The predicted molar refractivity (Wildman–Crippen MR) is 125 cm³/mol. The number of rotatable bonds is 8. The van der Waals surface area contributed by atoms with E-state index in [0.29, 0.717) is 41.5 Å². The second-order valence-corrected chi connectivity index (χ2v) is 7.78. The minimum atomic E-state index is -0.146. The van der Waals surface area contributed by atoms with Gasteiger partial charge < -0.3 is 10.6 Å². The summed E-state index contributed by atoms with van der Waals surface area (Å²) in [4.78, 5) is 37.9. The first-order valence-electron chi connectivity index (χ1n) is 10.7. The van der Waals surface area contributed by atoms with Crippen molar-refractivity contribution in [2.75, 3.05) is 18.4 Å². The van der Waals surface area contributed by atoms with Gasteiger partial charge in [-0.25, -0.2) is 19.6 Å². The van der Waals surface area contributed by atoms with Gasteiger partial charge >= 0.3 is 0 Å². The van der Waals surface area contributed by atoms with E-state index < -0.39 is 0 Å². The first-order chi connectivity index (χ1) is 15.9. The van der Waals surface area contributed by atoms with Crippen molar-refractivity contribution in [1.82, 2.24) is 34.6 Å². The van der Waals surface area contributed by atoms with E-state index in [0.717, 1.165) is 11.4 Å². The second kappa shape index (κ2) is 9.60. The zero-order valence-electron chi connectivity index (χ0n) is 18.9. The zero-order chi connectivity index (χ0) is 23.4. The van der Waals surface area contributed by atoms with Crippen LogP contribution in [-0.4, -0.2) is 48.3 Å². The van der Waals surface area contributed by atoms with Gasteiger partial charge in [-0.2, -0.15) is 5.10 Å². The Morgan fingerprint density at radius 2 is 1.88 bits per heavy atom. The van der Waals surface area contributed by atoms with Crippen LogP contribution in [0.5, 0.6) is 0 Å². The number of para-hydroxylation sites is 1. The Labute approximate surface area is 190 Å². The highest BCUT2D eigenvalue weighted by atomic mass is 16.1. The molecule has 0 fully saturated rings. The van der Waals surface area contributed by atoms with Gasteiger partial charge in [-0.1, -0.05) is 12.1 Å². The Morgan fingerprint density at radius 1 is 1.06 bits per heavy atom. The summed E-state index contributed by atoms with van der Waals surface area (Å²) in [5.41, 5.74) is 2.41. The fourth-order valence-corrected chi connectivity index (χ4v) is 3.58. The molecule has 0 saturated heterocycles. The van der Waals surface area contributed by atoms with Gasteiger partial charge in [-0.05, 0) is 39.0 Å². The molecule has 3 aromatic heterocycles. The van der Waals surface area contributed by atoms with Crippen LogP contribution in [0.2, 0.25) is 0 Å². The van der Waals surface area contributed by atoms with E-state index in [9.17, 15) is 9.59 Å². The van der Waals surface area contributed by atoms with Gasteiger partial charge in [-0.3, -0.25) is 14.2 Å². The number of anilines is 1. The Balaban J connectivity index is 1.28. The average Bonchev–Trinajstić information content (AvgIpc) is 3.14. The summed E-state index contributed by atoms with van der Waals surface area (Å²) in [6.07, 6.45) is 1.67. The molecule has 0 atom stereocenters. The van der Waals surface area contributed by atoms with Gasteiger partial charge in [0.05, 0.1) is 22.9 Å².